The third-order valence-electron chi connectivity index (χ3n) is 4.54. The quantitative estimate of drug-likeness (QED) is 0.547. The molecule has 1 saturated heterocycles. The fourth-order valence-corrected chi connectivity index (χ4v) is 2.96. The molecule has 4 nitrogen and oxygen atoms in total. The highest BCUT2D eigenvalue weighted by atomic mass is 19.4. The molecule has 0 unspecified atom stereocenters. The average Bonchev–Trinajstić information content (AvgIpc) is 2.71. The number of hydrogen-bond donors (Lipinski definition) is 0. The Morgan fingerprint density at radius 1 is 0.967 bits per heavy atom. The molecule has 2 heterocycles. The number of benzene rings is 1. The Balaban J connectivity index is 1.60. The lowest BCUT2D eigenvalue weighted by Gasteiger charge is -2.35. The van der Waals surface area contributed by atoms with Gasteiger partial charge in [0.1, 0.15) is 5.56 Å². The van der Waals surface area contributed by atoms with Gasteiger partial charge in [0.05, 0.1) is 5.56 Å². The Morgan fingerprint density at radius 3 is 2.17 bits per heavy atom. The normalized spacial score (nSPS) is 15.4. The van der Waals surface area contributed by atoms with Gasteiger partial charge < -0.3 is 9.80 Å². The molecule has 1 aliphatic heterocycles. The Bertz CT molecular complexity index is 913. The van der Waals surface area contributed by atoms with Crippen LogP contribution in [0.1, 0.15) is 16.7 Å². The molecule has 1 aromatic heterocycles. The lowest BCUT2D eigenvalue weighted by Crippen LogP contribution is -2.49. The van der Waals surface area contributed by atoms with Crippen LogP contribution in [0.5, 0.6) is 0 Å². The fourth-order valence-electron chi connectivity index (χ4n) is 2.96. The van der Waals surface area contributed by atoms with Crippen molar-refractivity contribution in [3.63, 3.8) is 0 Å². The summed E-state index contributed by atoms with van der Waals surface area (Å²) in [7, 11) is 0. The second-order valence-corrected chi connectivity index (χ2v) is 6.51. The molecule has 0 bridgehead atoms. The first-order valence-corrected chi connectivity index (χ1v) is 8.81. The van der Waals surface area contributed by atoms with Crippen molar-refractivity contribution < 1.29 is 31.1 Å². The Hall–Kier alpha value is -3.22. The molecule has 0 aliphatic carbocycles. The summed E-state index contributed by atoms with van der Waals surface area (Å²) in [4.78, 5) is 18.8. The van der Waals surface area contributed by atoms with Crippen molar-refractivity contribution in [3.05, 3.63) is 65.4 Å². The summed E-state index contributed by atoms with van der Waals surface area (Å²) in [6, 6.07) is 7.32. The van der Waals surface area contributed by atoms with Crippen LogP contribution in [0.15, 0.2) is 36.4 Å². The highest BCUT2D eigenvalue weighted by Crippen LogP contribution is 2.34. The van der Waals surface area contributed by atoms with E-state index in [4.69, 9.17) is 0 Å². The van der Waals surface area contributed by atoms with Gasteiger partial charge in [0.25, 0.3) is 0 Å². The SMILES string of the molecule is O=C(/C=C/c1ccc(C(F)(F)F)cc1)N1CCN(c2nc#ccc2C(F)(F)F)CC1. The minimum Gasteiger partial charge on any atom is -0.352 e. The van der Waals surface area contributed by atoms with Crippen LogP contribution in [0.4, 0.5) is 32.2 Å². The zero-order valence-corrected chi connectivity index (χ0v) is 15.4. The number of carbonyl (C=O) groups is 1. The summed E-state index contributed by atoms with van der Waals surface area (Å²) in [6.07, 6.45) is -4.12. The molecule has 1 fully saturated rings. The summed E-state index contributed by atoms with van der Waals surface area (Å²) in [6.45, 7) is 0.642. The minimum atomic E-state index is -4.58. The second-order valence-electron chi connectivity index (χ2n) is 6.51. The predicted octanol–water partition coefficient (Wildman–Crippen LogP) is 4.08. The van der Waals surface area contributed by atoms with Crippen molar-refractivity contribution in [2.24, 2.45) is 0 Å². The first-order valence-electron chi connectivity index (χ1n) is 8.81. The molecule has 0 atom stereocenters. The Morgan fingerprint density at radius 2 is 1.60 bits per heavy atom. The van der Waals surface area contributed by atoms with Crippen molar-refractivity contribution in [2.75, 3.05) is 31.1 Å². The first kappa shape index (κ1) is 21.5. The van der Waals surface area contributed by atoms with E-state index in [1.54, 1.807) is 0 Å². The van der Waals surface area contributed by atoms with E-state index in [2.05, 4.69) is 17.2 Å². The van der Waals surface area contributed by atoms with Gasteiger partial charge in [-0.05, 0) is 29.8 Å². The zero-order valence-electron chi connectivity index (χ0n) is 15.4. The van der Waals surface area contributed by atoms with Gasteiger partial charge in [-0.1, -0.05) is 12.1 Å². The molecular formula is C20H15F6N3O. The number of anilines is 1. The molecule has 1 aliphatic rings. The van der Waals surface area contributed by atoms with Gasteiger partial charge in [-0.15, -0.1) is 0 Å². The number of rotatable bonds is 3. The monoisotopic (exact) mass is 427 g/mol. The molecule has 30 heavy (non-hydrogen) atoms. The molecule has 0 radical (unpaired) electrons. The predicted molar refractivity (Wildman–Crippen MR) is 96.2 cm³/mol. The molecule has 0 N–H and O–H groups in total. The van der Waals surface area contributed by atoms with Crippen LogP contribution in [-0.2, 0) is 17.1 Å². The molecule has 1 amide bonds. The highest BCUT2D eigenvalue weighted by molar-refractivity contribution is 5.92. The van der Waals surface area contributed by atoms with Gasteiger partial charge in [0.2, 0.25) is 5.91 Å². The van der Waals surface area contributed by atoms with Crippen molar-refractivity contribution >= 4 is 17.8 Å². The summed E-state index contributed by atoms with van der Waals surface area (Å²) in [5, 5.41) is 0. The number of alkyl halides is 6. The standard InChI is InChI=1S/C20H15F6N3O/c21-19(22,23)15-6-3-14(4-7-15)5-8-17(30)28-10-12-29(13-11-28)18-16(20(24,25)26)2-1-9-27-18/h2-8H,10-13H2/b8-5+. The van der Waals surface area contributed by atoms with E-state index in [0.717, 1.165) is 18.2 Å². The number of amides is 1. The minimum absolute atomic E-state index is 0.147. The number of piperazine rings is 1. The Kier molecular flexibility index (Phi) is 5.92. The van der Waals surface area contributed by atoms with E-state index in [1.165, 1.54) is 34.1 Å². The average molecular weight is 427 g/mol. The van der Waals surface area contributed by atoms with Crippen molar-refractivity contribution in [1.82, 2.24) is 9.88 Å². The fraction of sp³-hybridized carbons (Fsp3) is 0.300. The third-order valence-corrected chi connectivity index (χ3v) is 4.54. The number of hydrogen-bond acceptors (Lipinski definition) is 3. The van der Waals surface area contributed by atoms with E-state index < -0.39 is 23.5 Å². The van der Waals surface area contributed by atoms with Crippen LogP contribution in [0.3, 0.4) is 0 Å². The Labute approximate surface area is 168 Å². The molecule has 158 valence electrons. The smallest absolute Gasteiger partial charge is 0.352 e. The number of carbonyl (C=O) groups excluding carboxylic acids is 1. The van der Waals surface area contributed by atoms with E-state index in [-0.39, 0.29) is 37.9 Å². The molecule has 1 aromatic carbocycles. The lowest BCUT2D eigenvalue weighted by molar-refractivity contribution is -0.138. The summed E-state index contributed by atoms with van der Waals surface area (Å²) in [5.41, 5.74) is -1.28. The maximum atomic E-state index is 13.1. The second kappa shape index (κ2) is 8.26. The lowest BCUT2D eigenvalue weighted by atomic mass is 10.1. The molecule has 10 heteroatoms. The van der Waals surface area contributed by atoms with Gasteiger partial charge in [-0.3, -0.25) is 4.79 Å². The number of halogens is 6. The third kappa shape index (κ3) is 5.03. The summed E-state index contributed by atoms with van der Waals surface area (Å²) in [5.74, 6) is -0.639. The molecule has 3 rings (SSSR count). The topological polar surface area (TPSA) is 36.4 Å². The molecule has 0 spiro atoms. The van der Waals surface area contributed by atoms with E-state index in [0.29, 0.717) is 5.56 Å². The maximum absolute atomic E-state index is 13.1. The van der Waals surface area contributed by atoms with Gasteiger partial charge in [0.15, 0.2) is 5.82 Å². The van der Waals surface area contributed by atoms with Crippen LogP contribution in [0, 0.1) is 12.3 Å². The van der Waals surface area contributed by atoms with Crippen LogP contribution in [0.25, 0.3) is 6.08 Å². The maximum Gasteiger partial charge on any atom is 0.420 e. The van der Waals surface area contributed by atoms with Crippen molar-refractivity contribution in [1.29, 1.82) is 0 Å². The van der Waals surface area contributed by atoms with Crippen LogP contribution in [0.2, 0.25) is 0 Å². The number of aromatic nitrogens is 1. The van der Waals surface area contributed by atoms with Crippen molar-refractivity contribution in [2.45, 2.75) is 12.4 Å². The van der Waals surface area contributed by atoms with Crippen LogP contribution < -0.4 is 4.90 Å². The molecule has 2 aromatic rings. The summed E-state index contributed by atoms with van der Waals surface area (Å²) < 4.78 is 77.1. The van der Waals surface area contributed by atoms with Gasteiger partial charge in [-0.25, -0.2) is 0 Å². The van der Waals surface area contributed by atoms with E-state index >= 15 is 0 Å². The first-order chi connectivity index (χ1) is 14.1. The van der Waals surface area contributed by atoms with Gasteiger partial charge in [-0.2, -0.15) is 31.3 Å². The van der Waals surface area contributed by atoms with Gasteiger partial charge >= 0.3 is 12.4 Å². The molecular weight excluding hydrogens is 412 g/mol. The number of nitrogens with zero attached hydrogens (tertiary/aromatic N) is 3. The van der Waals surface area contributed by atoms with Crippen LogP contribution >= 0.6 is 0 Å². The summed E-state index contributed by atoms with van der Waals surface area (Å²) >= 11 is 0. The zero-order chi connectivity index (χ0) is 21.9. The van der Waals surface area contributed by atoms with E-state index in [1.807, 2.05) is 0 Å². The highest BCUT2D eigenvalue weighted by Gasteiger charge is 2.36. The molecule has 0 saturated carbocycles. The largest absolute Gasteiger partial charge is 0.420 e. The van der Waals surface area contributed by atoms with Crippen molar-refractivity contribution in [3.8, 4) is 0 Å². The van der Waals surface area contributed by atoms with E-state index in [9.17, 15) is 31.1 Å². The van der Waals surface area contributed by atoms with Crippen LogP contribution in [-0.4, -0.2) is 42.0 Å². The van der Waals surface area contributed by atoms with Gasteiger partial charge in [0, 0.05) is 44.5 Å².